The lowest BCUT2D eigenvalue weighted by atomic mass is 10.1. The molecule has 4 aromatic rings. The van der Waals surface area contributed by atoms with Gasteiger partial charge in [-0.05, 0) is 18.2 Å². The number of nitrogens with one attached hydrogen (secondary N) is 1. The SMILES string of the molecule is O=C(Nc1cccc(-c2csc(-c3ccccc3)n2)c1)c1cccc([N+](=O)[O-])c1. The highest BCUT2D eigenvalue weighted by atomic mass is 32.1. The fourth-order valence-electron chi connectivity index (χ4n) is 2.84. The predicted octanol–water partition coefficient (Wildman–Crippen LogP) is 5.64. The number of nitrogens with zero attached hydrogens (tertiary/aromatic N) is 2. The summed E-state index contributed by atoms with van der Waals surface area (Å²) in [6.07, 6.45) is 0. The number of amides is 1. The molecule has 0 atom stereocenters. The fourth-order valence-corrected chi connectivity index (χ4v) is 3.68. The van der Waals surface area contributed by atoms with Gasteiger partial charge in [0.25, 0.3) is 11.6 Å². The number of carbonyl (C=O) groups is 1. The molecule has 0 fully saturated rings. The van der Waals surface area contributed by atoms with Crippen LogP contribution in [-0.4, -0.2) is 15.8 Å². The zero-order chi connectivity index (χ0) is 20.2. The Morgan fingerprint density at radius 3 is 2.48 bits per heavy atom. The Morgan fingerprint density at radius 1 is 0.931 bits per heavy atom. The average Bonchev–Trinajstić information content (AvgIpc) is 3.25. The Hall–Kier alpha value is -3.84. The van der Waals surface area contributed by atoms with Crippen molar-refractivity contribution in [1.82, 2.24) is 4.98 Å². The zero-order valence-electron chi connectivity index (χ0n) is 15.1. The number of anilines is 1. The molecule has 3 aromatic carbocycles. The Labute approximate surface area is 170 Å². The second-order valence-electron chi connectivity index (χ2n) is 6.25. The first-order chi connectivity index (χ1) is 14.1. The van der Waals surface area contributed by atoms with Crippen molar-refractivity contribution < 1.29 is 9.72 Å². The third-order valence-electron chi connectivity index (χ3n) is 4.26. The Kier molecular flexibility index (Phi) is 5.13. The third-order valence-corrected chi connectivity index (χ3v) is 5.15. The molecule has 0 radical (unpaired) electrons. The van der Waals surface area contributed by atoms with Crippen LogP contribution in [0.3, 0.4) is 0 Å². The Morgan fingerprint density at radius 2 is 1.69 bits per heavy atom. The van der Waals surface area contributed by atoms with E-state index < -0.39 is 10.8 Å². The van der Waals surface area contributed by atoms with Crippen molar-refractivity contribution in [2.75, 3.05) is 5.32 Å². The van der Waals surface area contributed by atoms with Crippen LogP contribution in [0.4, 0.5) is 11.4 Å². The van der Waals surface area contributed by atoms with Crippen molar-refractivity contribution in [3.63, 3.8) is 0 Å². The number of nitro groups is 1. The average molecular weight is 401 g/mol. The van der Waals surface area contributed by atoms with E-state index in [1.165, 1.54) is 18.2 Å². The van der Waals surface area contributed by atoms with Crippen LogP contribution in [0.1, 0.15) is 10.4 Å². The molecule has 0 bridgehead atoms. The second-order valence-corrected chi connectivity index (χ2v) is 7.10. The van der Waals surface area contributed by atoms with E-state index in [2.05, 4.69) is 5.32 Å². The summed E-state index contributed by atoms with van der Waals surface area (Å²) in [7, 11) is 0. The molecule has 0 aliphatic carbocycles. The monoisotopic (exact) mass is 401 g/mol. The predicted molar refractivity (Wildman–Crippen MR) is 114 cm³/mol. The van der Waals surface area contributed by atoms with Crippen molar-refractivity contribution in [1.29, 1.82) is 0 Å². The van der Waals surface area contributed by atoms with Crippen molar-refractivity contribution in [2.24, 2.45) is 0 Å². The summed E-state index contributed by atoms with van der Waals surface area (Å²) in [6.45, 7) is 0. The van der Waals surface area contributed by atoms with Crippen molar-refractivity contribution >= 4 is 28.6 Å². The van der Waals surface area contributed by atoms with E-state index in [9.17, 15) is 14.9 Å². The third kappa shape index (κ3) is 4.20. The van der Waals surface area contributed by atoms with Gasteiger partial charge in [0.1, 0.15) is 5.01 Å². The molecule has 7 heteroatoms. The van der Waals surface area contributed by atoms with Crippen LogP contribution in [0.2, 0.25) is 0 Å². The van der Waals surface area contributed by atoms with Crippen LogP contribution >= 0.6 is 11.3 Å². The van der Waals surface area contributed by atoms with Gasteiger partial charge in [-0.1, -0.05) is 48.5 Å². The summed E-state index contributed by atoms with van der Waals surface area (Å²) < 4.78 is 0. The van der Waals surface area contributed by atoms with E-state index in [0.29, 0.717) is 5.69 Å². The van der Waals surface area contributed by atoms with Gasteiger partial charge in [-0.25, -0.2) is 4.98 Å². The normalized spacial score (nSPS) is 10.5. The van der Waals surface area contributed by atoms with Crippen LogP contribution in [-0.2, 0) is 0 Å². The Bertz CT molecular complexity index is 1190. The number of hydrogen-bond acceptors (Lipinski definition) is 5. The second kappa shape index (κ2) is 8.04. The van der Waals surface area contributed by atoms with Crippen LogP contribution < -0.4 is 5.32 Å². The Balaban J connectivity index is 1.55. The molecule has 0 aliphatic rings. The molecule has 0 saturated carbocycles. The van der Waals surface area contributed by atoms with E-state index in [-0.39, 0.29) is 11.3 Å². The summed E-state index contributed by atoms with van der Waals surface area (Å²) in [5.74, 6) is -0.408. The summed E-state index contributed by atoms with van der Waals surface area (Å²) in [4.78, 5) is 27.6. The molecule has 4 rings (SSSR count). The first-order valence-corrected chi connectivity index (χ1v) is 9.65. The van der Waals surface area contributed by atoms with Crippen LogP contribution in [0, 0.1) is 10.1 Å². The van der Waals surface area contributed by atoms with Gasteiger partial charge >= 0.3 is 0 Å². The standard InChI is InChI=1S/C22H15N3O3S/c26-21(17-9-5-11-19(13-17)25(27)28)23-18-10-4-8-16(12-18)20-14-29-22(24-20)15-6-2-1-3-7-15/h1-14H,(H,23,26). The van der Waals surface area contributed by atoms with E-state index >= 15 is 0 Å². The maximum absolute atomic E-state index is 12.5. The van der Waals surface area contributed by atoms with Gasteiger partial charge in [0, 0.05) is 39.9 Å². The molecular formula is C22H15N3O3S. The van der Waals surface area contributed by atoms with Crippen LogP contribution in [0.25, 0.3) is 21.8 Å². The number of nitro benzene ring substituents is 1. The summed E-state index contributed by atoms with van der Waals surface area (Å²) in [6, 6.07) is 22.9. The summed E-state index contributed by atoms with van der Waals surface area (Å²) in [5.41, 5.74) is 3.44. The van der Waals surface area contributed by atoms with E-state index in [4.69, 9.17) is 4.98 Å². The number of hydrogen-bond donors (Lipinski definition) is 1. The van der Waals surface area contributed by atoms with E-state index in [1.807, 2.05) is 53.9 Å². The van der Waals surface area contributed by atoms with Gasteiger partial charge in [0.2, 0.25) is 0 Å². The van der Waals surface area contributed by atoms with Gasteiger partial charge in [0.15, 0.2) is 0 Å². The molecule has 1 amide bonds. The summed E-state index contributed by atoms with van der Waals surface area (Å²) in [5, 5.41) is 16.6. The number of benzene rings is 3. The maximum atomic E-state index is 12.5. The van der Waals surface area contributed by atoms with Gasteiger partial charge in [0.05, 0.1) is 10.6 Å². The fraction of sp³-hybridized carbons (Fsp3) is 0. The topological polar surface area (TPSA) is 85.1 Å². The quantitative estimate of drug-likeness (QED) is 0.346. The number of non-ortho nitro benzene ring substituents is 1. The number of thiazole rings is 1. The van der Waals surface area contributed by atoms with Crippen LogP contribution in [0.15, 0.2) is 84.2 Å². The minimum absolute atomic E-state index is 0.123. The molecule has 1 aromatic heterocycles. The number of aromatic nitrogens is 1. The molecule has 6 nitrogen and oxygen atoms in total. The van der Waals surface area contributed by atoms with Gasteiger partial charge < -0.3 is 5.32 Å². The van der Waals surface area contributed by atoms with Crippen molar-refractivity contribution in [3.05, 3.63) is 99.9 Å². The van der Waals surface area contributed by atoms with E-state index in [0.717, 1.165) is 21.8 Å². The summed E-state index contributed by atoms with van der Waals surface area (Å²) >= 11 is 1.56. The molecule has 1 heterocycles. The smallest absolute Gasteiger partial charge is 0.270 e. The van der Waals surface area contributed by atoms with Crippen molar-refractivity contribution in [3.8, 4) is 21.8 Å². The van der Waals surface area contributed by atoms with Crippen LogP contribution in [0.5, 0.6) is 0 Å². The highest BCUT2D eigenvalue weighted by Crippen LogP contribution is 2.30. The number of rotatable bonds is 5. The van der Waals surface area contributed by atoms with E-state index in [1.54, 1.807) is 23.5 Å². The van der Waals surface area contributed by atoms with Gasteiger partial charge in [-0.3, -0.25) is 14.9 Å². The molecule has 0 spiro atoms. The molecule has 0 saturated heterocycles. The lowest BCUT2D eigenvalue weighted by molar-refractivity contribution is -0.384. The molecule has 0 aliphatic heterocycles. The molecular weight excluding hydrogens is 386 g/mol. The van der Waals surface area contributed by atoms with Crippen molar-refractivity contribution in [2.45, 2.75) is 0 Å². The zero-order valence-corrected chi connectivity index (χ0v) is 15.9. The minimum atomic E-state index is -0.524. The van der Waals surface area contributed by atoms with Gasteiger partial charge in [-0.2, -0.15) is 0 Å². The molecule has 0 unspecified atom stereocenters. The molecule has 1 N–H and O–H groups in total. The largest absolute Gasteiger partial charge is 0.322 e. The highest BCUT2D eigenvalue weighted by Gasteiger charge is 2.12. The molecule has 29 heavy (non-hydrogen) atoms. The lowest BCUT2D eigenvalue weighted by Crippen LogP contribution is -2.12. The molecule has 142 valence electrons. The maximum Gasteiger partial charge on any atom is 0.270 e. The lowest BCUT2D eigenvalue weighted by Gasteiger charge is -2.07. The highest BCUT2D eigenvalue weighted by molar-refractivity contribution is 7.13. The van der Waals surface area contributed by atoms with Gasteiger partial charge in [-0.15, -0.1) is 11.3 Å². The first-order valence-electron chi connectivity index (χ1n) is 8.77. The number of carbonyl (C=O) groups excluding carboxylic acids is 1. The minimum Gasteiger partial charge on any atom is -0.322 e. The first kappa shape index (κ1) is 18.5.